The summed E-state index contributed by atoms with van der Waals surface area (Å²) in [6.07, 6.45) is 2.06. The summed E-state index contributed by atoms with van der Waals surface area (Å²) in [5, 5.41) is 2.91. The van der Waals surface area contributed by atoms with Gasteiger partial charge in [-0.15, -0.1) is 0 Å². The third-order valence-corrected chi connectivity index (χ3v) is 5.26. The van der Waals surface area contributed by atoms with Crippen molar-refractivity contribution in [2.45, 2.75) is 24.8 Å². The van der Waals surface area contributed by atoms with Gasteiger partial charge in [0.15, 0.2) is 6.61 Å². The lowest BCUT2D eigenvalue weighted by atomic mass is 9.86. The second-order valence-corrected chi connectivity index (χ2v) is 6.80. The van der Waals surface area contributed by atoms with Crippen molar-refractivity contribution in [2.75, 3.05) is 39.8 Å². The molecule has 1 aromatic rings. The highest BCUT2D eigenvalue weighted by Gasteiger charge is 2.42. The van der Waals surface area contributed by atoms with Gasteiger partial charge in [0.2, 0.25) is 5.91 Å². The van der Waals surface area contributed by atoms with E-state index in [0.29, 0.717) is 31.8 Å². The smallest absolute Gasteiger partial charge is 0.260 e. The van der Waals surface area contributed by atoms with Crippen LogP contribution in [0.5, 0.6) is 5.75 Å². The van der Waals surface area contributed by atoms with E-state index < -0.39 is 0 Å². The molecule has 2 aliphatic heterocycles. The molecule has 2 saturated heterocycles. The highest BCUT2D eigenvalue weighted by atomic mass is 19.1. The van der Waals surface area contributed by atoms with E-state index in [9.17, 15) is 14.0 Å². The molecular formula is C18H24FN3O3. The molecule has 0 aromatic heterocycles. The molecule has 2 aliphatic rings. The van der Waals surface area contributed by atoms with Crippen LogP contribution in [0, 0.1) is 5.82 Å². The van der Waals surface area contributed by atoms with E-state index in [1.165, 1.54) is 24.3 Å². The zero-order chi connectivity index (χ0) is 17.9. The van der Waals surface area contributed by atoms with Gasteiger partial charge in [-0.3, -0.25) is 14.5 Å². The average Bonchev–Trinajstić information content (AvgIpc) is 2.79. The second-order valence-electron chi connectivity index (χ2n) is 6.80. The van der Waals surface area contributed by atoms with Crippen molar-refractivity contribution < 1.29 is 18.7 Å². The van der Waals surface area contributed by atoms with Crippen LogP contribution in [0.2, 0.25) is 0 Å². The molecule has 2 amide bonds. The third kappa shape index (κ3) is 4.10. The van der Waals surface area contributed by atoms with E-state index in [1.54, 1.807) is 0 Å². The van der Waals surface area contributed by atoms with Gasteiger partial charge in [0, 0.05) is 38.1 Å². The Kier molecular flexibility index (Phi) is 5.22. The summed E-state index contributed by atoms with van der Waals surface area (Å²) in [7, 11) is 2.06. The molecule has 25 heavy (non-hydrogen) atoms. The van der Waals surface area contributed by atoms with Crippen LogP contribution in [0.1, 0.15) is 19.3 Å². The molecule has 2 heterocycles. The van der Waals surface area contributed by atoms with Crippen LogP contribution >= 0.6 is 0 Å². The van der Waals surface area contributed by atoms with Crippen molar-refractivity contribution in [1.29, 1.82) is 0 Å². The molecule has 1 N–H and O–H groups in total. The van der Waals surface area contributed by atoms with E-state index in [0.717, 1.165) is 19.4 Å². The number of ether oxygens (including phenoxy) is 1. The molecule has 3 rings (SSSR count). The van der Waals surface area contributed by atoms with Crippen LogP contribution in [-0.4, -0.2) is 67.0 Å². The molecule has 0 saturated carbocycles. The first-order valence-electron chi connectivity index (χ1n) is 8.63. The zero-order valence-electron chi connectivity index (χ0n) is 14.5. The van der Waals surface area contributed by atoms with Crippen molar-refractivity contribution in [2.24, 2.45) is 0 Å². The van der Waals surface area contributed by atoms with Crippen LogP contribution in [0.3, 0.4) is 0 Å². The molecular weight excluding hydrogens is 325 g/mol. The quantitative estimate of drug-likeness (QED) is 0.885. The highest BCUT2D eigenvalue weighted by molar-refractivity contribution is 5.78. The van der Waals surface area contributed by atoms with Crippen molar-refractivity contribution in [1.82, 2.24) is 15.1 Å². The number of hydrogen-bond acceptors (Lipinski definition) is 4. The predicted molar refractivity (Wildman–Crippen MR) is 90.7 cm³/mol. The molecule has 0 bridgehead atoms. The number of benzene rings is 1. The highest BCUT2D eigenvalue weighted by Crippen LogP contribution is 2.30. The maximum absolute atomic E-state index is 12.9. The fourth-order valence-electron chi connectivity index (χ4n) is 3.58. The summed E-state index contributed by atoms with van der Waals surface area (Å²) in [6, 6.07) is 5.63. The maximum Gasteiger partial charge on any atom is 0.260 e. The van der Waals surface area contributed by atoms with Crippen LogP contribution in [0.4, 0.5) is 4.39 Å². The fourth-order valence-corrected chi connectivity index (χ4v) is 3.58. The number of amides is 2. The zero-order valence-corrected chi connectivity index (χ0v) is 14.5. The summed E-state index contributed by atoms with van der Waals surface area (Å²) in [4.78, 5) is 28.3. The monoisotopic (exact) mass is 349 g/mol. The topological polar surface area (TPSA) is 61.9 Å². The van der Waals surface area contributed by atoms with Crippen LogP contribution < -0.4 is 10.1 Å². The fraction of sp³-hybridized carbons (Fsp3) is 0.556. The van der Waals surface area contributed by atoms with E-state index in [-0.39, 0.29) is 29.8 Å². The minimum Gasteiger partial charge on any atom is -0.484 e. The Bertz CT molecular complexity index is 637. The Morgan fingerprint density at radius 2 is 2.04 bits per heavy atom. The van der Waals surface area contributed by atoms with Crippen LogP contribution in [0.25, 0.3) is 0 Å². The molecule has 6 nitrogen and oxygen atoms in total. The first-order valence-corrected chi connectivity index (χ1v) is 8.63. The van der Waals surface area contributed by atoms with Gasteiger partial charge in [-0.25, -0.2) is 4.39 Å². The number of halogens is 1. The second kappa shape index (κ2) is 7.39. The SMILES string of the molecule is CN1CCN(C(=O)COc2ccc(F)cc2)C[C@]12CCNC(=O)CC2. The number of nitrogens with zero attached hydrogens (tertiary/aromatic N) is 2. The van der Waals surface area contributed by atoms with E-state index >= 15 is 0 Å². The Morgan fingerprint density at radius 1 is 1.28 bits per heavy atom. The largest absolute Gasteiger partial charge is 0.484 e. The number of likely N-dealkylation sites (N-methyl/N-ethyl adjacent to an activating group) is 1. The number of hydrogen-bond donors (Lipinski definition) is 1. The minimum absolute atomic E-state index is 0.0669. The Balaban J connectivity index is 1.61. The van der Waals surface area contributed by atoms with Gasteiger partial charge in [0.1, 0.15) is 11.6 Å². The molecule has 0 radical (unpaired) electrons. The first kappa shape index (κ1) is 17.7. The Labute approximate surface area is 146 Å². The Hall–Kier alpha value is -2.15. The lowest BCUT2D eigenvalue weighted by Gasteiger charge is -2.49. The van der Waals surface area contributed by atoms with E-state index in [2.05, 4.69) is 17.3 Å². The summed E-state index contributed by atoms with van der Waals surface area (Å²) in [6.45, 7) is 2.59. The lowest BCUT2D eigenvalue weighted by molar-refractivity contribution is -0.139. The van der Waals surface area contributed by atoms with Crippen molar-refractivity contribution >= 4 is 11.8 Å². The average molecular weight is 349 g/mol. The third-order valence-electron chi connectivity index (χ3n) is 5.26. The summed E-state index contributed by atoms with van der Waals surface area (Å²) < 4.78 is 18.4. The van der Waals surface area contributed by atoms with Gasteiger partial charge in [-0.1, -0.05) is 0 Å². The summed E-state index contributed by atoms with van der Waals surface area (Å²) in [5.41, 5.74) is -0.164. The molecule has 2 fully saturated rings. The van der Waals surface area contributed by atoms with E-state index in [4.69, 9.17) is 4.74 Å². The molecule has 136 valence electrons. The van der Waals surface area contributed by atoms with Gasteiger partial charge in [-0.05, 0) is 44.2 Å². The van der Waals surface area contributed by atoms with Gasteiger partial charge in [-0.2, -0.15) is 0 Å². The minimum atomic E-state index is -0.337. The molecule has 1 spiro atoms. The lowest BCUT2D eigenvalue weighted by Crippen LogP contribution is -2.62. The van der Waals surface area contributed by atoms with Gasteiger partial charge >= 0.3 is 0 Å². The van der Waals surface area contributed by atoms with Crippen LogP contribution in [0.15, 0.2) is 24.3 Å². The molecule has 7 heteroatoms. The molecule has 0 aliphatic carbocycles. The standard InChI is InChI=1S/C18H24FN3O3/c1-21-10-11-22(13-18(21)7-6-16(23)20-9-8-18)17(24)12-25-15-4-2-14(19)3-5-15/h2-5H,6-13H2,1H3,(H,20,23)/t18-/m0/s1. The first-order chi connectivity index (χ1) is 12.0. The number of piperazine rings is 1. The molecule has 1 aromatic carbocycles. The van der Waals surface area contributed by atoms with Crippen molar-refractivity contribution in [3.8, 4) is 5.75 Å². The summed E-state index contributed by atoms with van der Waals surface area (Å²) >= 11 is 0. The van der Waals surface area contributed by atoms with Gasteiger partial charge in [0.05, 0.1) is 0 Å². The van der Waals surface area contributed by atoms with Crippen molar-refractivity contribution in [3.63, 3.8) is 0 Å². The molecule has 1 atom stereocenters. The van der Waals surface area contributed by atoms with Crippen LogP contribution in [-0.2, 0) is 9.59 Å². The predicted octanol–water partition coefficient (Wildman–Crippen LogP) is 1.02. The number of nitrogens with one attached hydrogen (secondary N) is 1. The summed E-state index contributed by atoms with van der Waals surface area (Å²) in [5.74, 6) is 0.132. The number of carbonyl (C=O) groups is 2. The number of carbonyl (C=O) groups excluding carboxylic acids is 2. The Morgan fingerprint density at radius 3 is 2.80 bits per heavy atom. The normalized spacial score (nSPS) is 24.7. The maximum atomic E-state index is 12.9. The van der Waals surface area contributed by atoms with Gasteiger partial charge in [0.25, 0.3) is 5.91 Å². The number of rotatable bonds is 3. The van der Waals surface area contributed by atoms with Gasteiger partial charge < -0.3 is 15.0 Å². The molecule has 0 unspecified atom stereocenters. The van der Waals surface area contributed by atoms with Crippen molar-refractivity contribution in [3.05, 3.63) is 30.1 Å². The van der Waals surface area contributed by atoms with E-state index in [1.807, 2.05) is 4.90 Å².